The van der Waals surface area contributed by atoms with Crippen LogP contribution in [0.4, 0.5) is 0 Å². The molecule has 0 saturated carbocycles. The van der Waals surface area contributed by atoms with Gasteiger partial charge in [0.2, 0.25) is 5.88 Å². The Bertz CT molecular complexity index is 1240. The Morgan fingerprint density at radius 3 is 2.48 bits per heavy atom. The van der Waals surface area contributed by atoms with Crippen LogP contribution in [0.3, 0.4) is 0 Å². The van der Waals surface area contributed by atoms with Gasteiger partial charge in [0.25, 0.3) is 0 Å². The lowest BCUT2D eigenvalue weighted by Crippen LogP contribution is -2.05. The van der Waals surface area contributed by atoms with Crippen molar-refractivity contribution < 1.29 is 9.47 Å². The number of nitriles is 1. The maximum Gasteiger partial charge on any atom is 0.213 e. The number of ether oxygens (including phenoxy) is 2. The maximum atomic E-state index is 9.08. The quantitative estimate of drug-likeness (QED) is 0.476. The lowest BCUT2D eigenvalue weighted by molar-refractivity contribution is 0.176. The molecule has 0 N–H and O–H groups in total. The van der Waals surface area contributed by atoms with Crippen molar-refractivity contribution in [3.05, 3.63) is 71.8 Å². The summed E-state index contributed by atoms with van der Waals surface area (Å²) in [4.78, 5) is 8.91. The van der Waals surface area contributed by atoms with Crippen molar-refractivity contribution in [1.82, 2.24) is 24.7 Å². The zero-order valence-corrected chi connectivity index (χ0v) is 17.4. The molecule has 0 aliphatic heterocycles. The Labute approximate surface area is 179 Å². The van der Waals surface area contributed by atoms with Crippen molar-refractivity contribution in [2.45, 2.75) is 13.5 Å². The van der Waals surface area contributed by atoms with Gasteiger partial charge in [0, 0.05) is 24.9 Å². The number of aromatic nitrogens is 5. The Kier molecular flexibility index (Phi) is 5.69. The van der Waals surface area contributed by atoms with Gasteiger partial charge in [0.1, 0.15) is 12.3 Å². The number of aryl methyl sites for hydroxylation is 1. The first-order valence-corrected chi connectivity index (χ1v) is 9.55. The van der Waals surface area contributed by atoms with E-state index in [2.05, 4.69) is 26.2 Å². The van der Waals surface area contributed by atoms with Crippen LogP contribution in [0, 0.1) is 18.3 Å². The van der Waals surface area contributed by atoms with E-state index < -0.39 is 0 Å². The molecule has 3 heterocycles. The van der Waals surface area contributed by atoms with Crippen LogP contribution < -0.4 is 4.74 Å². The highest BCUT2D eigenvalue weighted by Gasteiger charge is 2.17. The number of benzene rings is 1. The summed E-state index contributed by atoms with van der Waals surface area (Å²) in [6, 6.07) is 15.3. The van der Waals surface area contributed by atoms with Crippen LogP contribution in [0.25, 0.3) is 28.3 Å². The molecule has 0 atom stereocenters. The number of rotatable bonds is 6. The fraction of sp³-hybridized carbons (Fsp3) is 0.174. The summed E-state index contributed by atoms with van der Waals surface area (Å²) in [7, 11) is 3.18. The molecular weight excluding hydrogens is 392 g/mol. The third-order valence-electron chi connectivity index (χ3n) is 4.85. The van der Waals surface area contributed by atoms with Gasteiger partial charge in [-0.2, -0.15) is 5.26 Å². The Morgan fingerprint density at radius 1 is 1.00 bits per heavy atom. The molecule has 154 valence electrons. The molecule has 0 aliphatic carbocycles. The highest BCUT2D eigenvalue weighted by Crippen LogP contribution is 2.27. The molecule has 0 fully saturated rings. The predicted octanol–water partition coefficient (Wildman–Crippen LogP) is 3.73. The molecule has 0 aliphatic rings. The first-order valence-electron chi connectivity index (χ1n) is 9.55. The van der Waals surface area contributed by atoms with Gasteiger partial charge in [-0.05, 0) is 42.3 Å². The number of methoxy groups -OCH3 is 2. The fourth-order valence-corrected chi connectivity index (χ4v) is 3.34. The second-order valence-corrected chi connectivity index (χ2v) is 6.84. The number of hydrogen-bond acceptors (Lipinski definition) is 7. The molecule has 0 bridgehead atoms. The number of pyridine rings is 2. The molecule has 8 nitrogen and oxygen atoms in total. The van der Waals surface area contributed by atoms with E-state index in [0.29, 0.717) is 35.4 Å². The van der Waals surface area contributed by atoms with Crippen LogP contribution in [-0.4, -0.2) is 39.0 Å². The molecular formula is C23H20N6O2. The van der Waals surface area contributed by atoms with Crippen molar-refractivity contribution in [1.29, 1.82) is 5.26 Å². The summed E-state index contributed by atoms with van der Waals surface area (Å²) in [5.74, 6) is 1.74. The first-order chi connectivity index (χ1) is 15.1. The monoisotopic (exact) mass is 412 g/mol. The van der Waals surface area contributed by atoms with E-state index >= 15 is 0 Å². The van der Waals surface area contributed by atoms with Crippen LogP contribution in [0.1, 0.15) is 17.0 Å². The molecule has 3 aromatic heterocycles. The Morgan fingerprint density at radius 2 is 1.87 bits per heavy atom. The average molecular weight is 412 g/mol. The largest absolute Gasteiger partial charge is 0.481 e. The lowest BCUT2D eigenvalue weighted by Gasteiger charge is -2.11. The molecule has 0 radical (unpaired) electrons. The molecule has 0 unspecified atom stereocenters. The molecule has 1 aromatic carbocycles. The first kappa shape index (κ1) is 20.2. The van der Waals surface area contributed by atoms with Crippen LogP contribution in [0.15, 0.2) is 54.9 Å². The summed E-state index contributed by atoms with van der Waals surface area (Å²) in [6.07, 6.45) is 3.49. The zero-order valence-electron chi connectivity index (χ0n) is 17.4. The fourth-order valence-electron chi connectivity index (χ4n) is 3.34. The minimum absolute atomic E-state index is 0.293. The Balaban J connectivity index is 1.74. The molecule has 0 saturated heterocycles. The second kappa shape index (κ2) is 8.73. The van der Waals surface area contributed by atoms with Crippen molar-refractivity contribution in [2.75, 3.05) is 14.2 Å². The van der Waals surface area contributed by atoms with Gasteiger partial charge in [0.05, 0.1) is 30.6 Å². The van der Waals surface area contributed by atoms with E-state index in [1.165, 1.54) is 0 Å². The third kappa shape index (κ3) is 3.99. The van der Waals surface area contributed by atoms with Gasteiger partial charge in [0.15, 0.2) is 11.6 Å². The Hall–Kier alpha value is -4.09. The van der Waals surface area contributed by atoms with Gasteiger partial charge < -0.3 is 9.47 Å². The second-order valence-electron chi connectivity index (χ2n) is 6.84. The van der Waals surface area contributed by atoms with Gasteiger partial charge >= 0.3 is 0 Å². The zero-order chi connectivity index (χ0) is 21.8. The number of hydrogen-bond donors (Lipinski definition) is 0. The smallest absolute Gasteiger partial charge is 0.213 e. The molecule has 0 spiro atoms. The van der Waals surface area contributed by atoms with Crippen molar-refractivity contribution >= 4 is 0 Å². The average Bonchev–Trinajstić information content (AvgIpc) is 3.23. The summed E-state index contributed by atoms with van der Waals surface area (Å²) < 4.78 is 12.3. The van der Waals surface area contributed by atoms with E-state index in [4.69, 9.17) is 14.7 Å². The minimum atomic E-state index is 0.293. The maximum absolute atomic E-state index is 9.08. The van der Waals surface area contributed by atoms with Gasteiger partial charge in [-0.1, -0.05) is 12.1 Å². The molecule has 8 heteroatoms. The van der Waals surface area contributed by atoms with Crippen LogP contribution in [0.2, 0.25) is 0 Å². The molecule has 4 aromatic rings. The van der Waals surface area contributed by atoms with E-state index in [9.17, 15) is 0 Å². The molecule has 4 rings (SSSR count). The van der Waals surface area contributed by atoms with E-state index in [1.54, 1.807) is 38.7 Å². The van der Waals surface area contributed by atoms with E-state index in [1.807, 2.05) is 41.8 Å². The highest BCUT2D eigenvalue weighted by molar-refractivity contribution is 5.69. The summed E-state index contributed by atoms with van der Waals surface area (Å²) >= 11 is 0. The summed E-state index contributed by atoms with van der Waals surface area (Å²) in [5, 5.41) is 17.7. The lowest BCUT2D eigenvalue weighted by atomic mass is 10.00. The van der Waals surface area contributed by atoms with Crippen molar-refractivity contribution in [3.63, 3.8) is 0 Å². The minimum Gasteiger partial charge on any atom is -0.481 e. The highest BCUT2D eigenvalue weighted by atomic mass is 16.5. The van der Waals surface area contributed by atoms with Crippen LogP contribution in [0.5, 0.6) is 5.88 Å². The summed E-state index contributed by atoms with van der Waals surface area (Å²) in [6.45, 7) is 2.27. The van der Waals surface area contributed by atoms with Crippen molar-refractivity contribution in [2.24, 2.45) is 0 Å². The topological polar surface area (TPSA) is 98.7 Å². The van der Waals surface area contributed by atoms with Crippen LogP contribution in [-0.2, 0) is 11.3 Å². The van der Waals surface area contributed by atoms with Crippen LogP contribution >= 0.6 is 0 Å². The standard InChI is InChI=1S/C23H20N6O2/c1-15-10-16(11-24)4-7-19(15)17-5-8-20(25-12-17)23-28-27-21(14-30-2)29(23)18-6-9-22(31-3)26-13-18/h4-10,12-13H,14H2,1-3H3. The van der Waals surface area contributed by atoms with E-state index in [-0.39, 0.29) is 0 Å². The molecule has 0 amide bonds. The normalized spacial score (nSPS) is 10.6. The third-order valence-corrected chi connectivity index (χ3v) is 4.85. The van der Waals surface area contributed by atoms with Gasteiger partial charge in [-0.3, -0.25) is 9.55 Å². The number of nitrogens with zero attached hydrogens (tertiary/aromatic N) is 6. The predicted molar refractivity (Wildman–Crippen MR) is 115 cm³/mol. The van der Waals surface area contributed by atoms with Gasteiger partial charge in [-0.15, -0.1) is 10.2 Å². The molecule has 31 heavy (non-hydrogen) atoms. The summed E-state index contributed by atoms with van der Waals surface area (Å²) in [5.41, 5.74) is 5.09. The van der Waals surface area contributed by atoms with Gasteiger partial charge in [-0.25, -0.2) is 4.98 Å². The van der Waals surface area contributed by atoms with E-state index in [0.717, 1.165) is 22.4 Å². The SMILES string of the molecule is COCc1nnc(-c2ccc(-c3ccc(C#N)cc3C)cn2)n1-c1ccc(OC)nc1. The van der Waals surface area contributed by atoms with Crippen molar-refractivity contribution in [3.8, 4) is 40.3 Å².